The standard InChI is InChI=1S/C10H20N2O3/c1-8(2)4-15-12-9(13)5-14-10(3)6-11-7-10/h8,11H,4-7H2,1-3H3,(H,12,13). The summed E-state index contributed by atoms with van der Waals surface area (Å²) in [5.74, 6) is 0.170. The smallest absolute Gasteiger partial charge is 0.269 e. The molecular formula is C10H20N2O3. The Labute approximate surface area is 90.5 Å². The average Bonchev–Trinajstić information content (AvgIpc) is 2.11. The molecule has 1 aliphatic rings. The second kappa shape index (κ2) is 5.44. The molecule has 0 spiro atoms. The minimum Gasteiger partial charge on any atom is -0.363 e. The summed E-state index contributed by atoms with van der Waals surface area (Å²) >= 11 is 0. The molecule has 1 rings (SSSR count). The van der Waals surface area contributed by atoms with Crippen LogP contribution in [0.4, 0.5) is 0 Å². The van der Waals surface area contributed by atoms with E-state index in [1.54, 1.807) is 0 Å². The highest BCUT2D eigenvalue weighted by molar-refractivity contribution is 5.76. The molecule has 0 aliphatic carbocycles. The number of hydrogen-bond donors (Lipinski definition) is 2. The lowest BCUT2D eigenvalue weighted by Gasteiger charge is -2.38. The van der Waals surface area contributed by atoms with Crippen molar-refractivity contribution in [2.45, 2.75) is 26.4 Å². The fourth-order valence-corrected chi connectivity index (χ4v) is 1.14. The quantitative estimate of drug-likeness (QED) is 0.617. The van der Waals surface area contributed by atoms with Crippen molar-refractivity contribution in [1.29, 1.82) is 0 Å². The lowest BCUT2D eigenvalue weighted by molar-refractivity contribution is -0.148. The molecule has 0 aromatic rings. The summed E-state index contributed by atoms with van der Waals surface area (Å²) in [6, 6.07) is 0. The van der Waals surface area contributed by atoms with Crippen molar-refractivity contribution in [3.63, 3.8) is 0 Å². The number of rotatable bonds is 6. The fraction of sp³-hybridized carbons (Fsp3) is 0.900. The zero-order valence-electron chi connectivity index (χ0n) is 9.63. The summed E-state index contributed by atoms with van der Waals surface area (Å²) in [4.78, 5) is 16.2. The van der Waals surface area contributed by atoms with Gasteiger partial charge in [-0.05, 0) is 12.8 Å². The maximum Gasteiger partial charge on any atom is 0.269 e. The van der Waals surface area contributed by atoms with Crippen LogP contribution < -0.4 is 10.8 Å². The Morgan fingerprint density at radius 3 is 2.67 bits per heavy atom. The zero-order valence-corrected chi connectivity index (χ0v) is 9.63. The van der Waals surface area contributed by atoms with Crippen LogP contribution in [0.15, 0.2) is 0 Å². The number of amides is 1. The van der Waals surface area contributed by atoms with Crippen molar-refractivity contribution in [2.24, 2.45) is 5.92 Å². The van der Waals surface area contributed by atoms with Crippen LogP contribution in [0, 0.1) is 5.92 Å². The predicted molar refractivity (Wildman–Crippen MR) is 56.2 cm³/mol. The van der Waals surface area contributed by atoms with Gasteiger partial charge in [0.2, 0.25) is 0 Å². The van der Waals surface area contributed by atoms with Gasteiger partial charge in [-0.15, -0.1) is 0 Å². The Hall–Kier alpha value is -0.650. The number of ether oxygens (including phenoxy) is 1. The van der Waals surface area contributed by atoms with Gasteiger partial charge >= 0.3 is 0 Å². The Morgan fingerprint density at radius 1 is 1.53 bits per heavy atom. The van der Waals surface area contributed by atoms with Gasteiger partial charge in [0.05, 0.1) is 12.2 Å². The second-order valence-electron chi connectivity index (χ2n) is 4.57. The Bertz CT molecular complexity index is 215. The molecule has 2 N–H and O–H groups in total. The molecule has 5 heteroatoms. The van der Waals surface area contributed by atoms with Crippen molar-refractivity contribution in [3.05, 3.63) is 0 Å². The van der Waals surface area contributed by atoms with Gasteiger partial charge in [-0.25, -0.2) is 5.48 Å². The number of hydrogen-bond acceptors (Lipinski definition) is 4. The summed E-state index contributed by atoms with van der Waals surface area (Å²) < 4.78 is 5.43. The molecule has 1 amide bonds. The van der Waals surface area contributed by atoms with Gasteiger partial charge in [-0.1, -0.05) is 13.8 Å². The molecular weight excluding hydrogens is 196 g/mol. The fourth-order valence-electron chi connectivity index (χ4n) is 1.14. The molecule has 0 bridgehead atoms. The summed E-state index contributed by atoms with van der Waals surface area (Å²) in [5.41, 5.74) is 2.17. The third-order valence-corrected chi connectivity index (χ3v) is 2.15. The Balaban J connectivity index is 2.03. The number of carbonyl (C=O) groups excluding carboxylic acids is 1. The van der Waals surface area contributed by atoms with E-state index in [4.69, 9.17) is 9.57 Å². The van der Waals surface area contributed by atoms with Gasteiger partial charge in [0.25, 0.3) is 5.91 Å². The molecule has 0 aromatic heterocycles. The summed E-state index contributed by atoms with van der Waals surface area (Å²) in [6.45, 7) is 8.18. The van der Waals surface area contributed by atoms with Gasteiger partial charge in [0, 0.05) is 13.1 Å². The van der Waals surface area contributed by atoms with E-state index in [0.717, 1.165) is 13.1 Å². The Kier molecular flexibility index (Phi) is 4.50. The van der Waals surface area contributed by atoms with Crippen molar-refractivity contribution in [3.8, 4) is 0 Å². The lowest BCUT2D eigenvalue weighted by Crippen LogP contribution is -2.59. The van der Waals surface area contributed by atoms with Crippen LogP contribution in [0.3, 0.4) is 0 Å². The second-order valence-corrected chi connectivity index (χ2v) is 4.57. The molecule has 1 heterocycles. The van der Waals surface area contributed by atoms with Crippen LogP contribution in [0.2, 0.25) is 0 Å². The van der Waals surface area contributed by atoms with E-state index >= 15 is 0 Å². The van der Waals surface area contributed by atoms with Gasteiger partial charge in [0.1, 0.15) is 6.61 Å². The minimum absolute atomic E-state index is 0.0519. The molecule has 88 valence electrons. The highest BCUT2D eigenvalue weighted by Gasteiger charge is 2.32. The highest BCUT2D eigenvalue weighted by Crippen LogP contribution is 2.14. The molecule has 0 radical (unpaired) electrons. The van der Waals surface area contributed by atoms with E-state index < -0.39 is 0 Å². The van der Waals surface area contributed by atoms with Crippen LogP contribution in [-0.2, 0) is 14.4 Å². The summed E-state index contributed by atoms with van der Waals surface area (Å²) in [5, 5.41) is 3.10. The third kappa shape index (κ3) is 4.59. The molecule has 1 aliphatic heterocycles. The van der Waals surface area contributed by atoms with E-state index in [-0.39, 0.29) is 18.1 Å². The van der Waals surface area contributed by atoms with Gasteiger partial charge in [-0.2, -0.15) is 0 Å². The zero-order chi connectivity index (χ0) is 11.3. The topological polar surface area (TPSA) is 59.6 Å². The highest BCUT2D eigenvalue weighted by atomic mass is 16.7. The van der Waals surface area contributed by atoms with Crippen molar-refractivity contribution in [1.82, 2.24) is 10.8 Å². The first-order valence-corrected chi connectivity index (χ1v) is 5.27. The van der Waals surface area contributed by atoms with E-state index in [0.29, 0.717) is 12.5 Å². The number of nitrogens with one attached hydrogen (secondary N) is 2. The van der Waals surface area contributed by atoms with Crippen molar-refractivity contribution in [2.75, 3.05) is 26.3 Å². The molecule has 0 aromatic carbocycles. The SMILES string of the molecule is CC(C)CONC(=O)COC1(C)CNC1. The summed E-state index contributed by atoms with van der Waals surface area (Å²) in [7, 11) is 0. The molecule has 1 fully saturated rings. The van der Waals surface area contributed by atoms with E-state index in [9.17, 15) is 4.79 Å². The molecule has 0 atom stereocenters. The first-order chi connectivity index (χ1) is 7.02. The Morgan fingerprint density at radius 2 is 2.20 bits per heavy atom. The van der Waals surface area contributed by atoms with Crippen molar-refractivity contribution < 1.29 is 14.4 Å². The molecule has 0 unspecified atom stereocenters. The van der Waals surface area contributed by atoms with E-state index in [1.807, 2.05) is 20.8 Å². The van der Waals surface area contributed by atoms with Gasteiger partial charge < -0.3 is 10.1 Å². The lowest BCUT2D eigenvalue weighted by atomic mass is 10.0. The van der Waals surface area contributed by atoms with Gasteiger partial charge in [0.15, 0.2) is 0 Å². The monoisotopic (exact) mass is 216 g/mol. The maximum absolute atomic E-state index is 11.2. The van der Waals surface area contributed by atoms with E-state index in [2.05, 4.69) is 10.8 Å². The number of carbonyl (C=O) groups is 1. The van der Waals surface area contributed by atoms with Crippen LogP contribution in [-0.4, -0.2) is 37.8 Å². The third-order valence-electron chi connectivity index (χ3n) is 2.15. The maximum atomic E-state index is 11.2. The normalized spacial score (nSPS) is 18.7. The first kappa shape index (κ1) is 12.4. The largest absolute Gasteiger partial charge is 0.363 e. The van der Waals surface area contributed by atoms with Crippen LogP contribution >= 0.6 is 0 Å². The van der Waals surface area contributed by atoms with Crippen molar-refractivity contribution >= 4 is 5.91 Å². The number of hydroxylamine groups is 1. The molecule has 5 nitrogen and oxygen atoms in total. The molecule has 0 saturated carbocycles. The average molecular weight is 216 g/mol. The summed E-state index contributed by atoms with van der Waals surface area (Å²) in [6.07, 6.45) is 0. The van der Waals surface area contributed by atoms with Crippen LogP contribution in [0.1, 0.15) is 20.8 Å². The van der Waals surface area contributed by atoms with Gasteiger partial charge in [-0.3, -0.25) is 9.63 Å². The minimum atomic E-state index is -0.233. The van der Waals surface area contributed by atoms with E-state index in [1.165, 1.54) is 0 Å². The molecule has 1 saturated heterocycles. The van der Waals surface area contributed by atoms with Crippen LogP contribution in [0.25, 0.3) is 0 Å². The predicted octanol–water partition coefficient (Wildman–Crippen LogP) is 0.0687. The molecule has 15 heavy (non-hydrogen) atoms. The first-order valence-electron chi connectivity index (χ1n) is 5.27. The van der Waals surface area contributed by atoms with Crippen LogP contribution in [0.5, 0.6) is 0 Å².